The topological polar surface area (TPSA) is 18.5 Å². The van der Waals surface area contributed by atoms with Gasteiger partial charge >= 0.3 is 0 Å². The SMILES string of the molecule is COc1ccc(Br)cc1C(Br)c1cccc(OC(C)C)c1. The second kappa shape index (κ2) is 7.32. The van der Waals surface area contributed by atoms with Crippen molar-refractivity contribution in [3.8, 4) is 11.5 Å². The number of ether oxygens (including phenoxy) is 2. The van der Waals surface area contributed by atoms with Crippen LogP contribution in [-0.2, 0) is 0 Å². The third-order valence-electron chi connectivity index (χ3n) is 2.99. The first kappa shape index (κ1) is 16.4. The minimum absolute atomic E-state index is 0.0423. The number of hydrogen-bond acceptors (Lipinski definition) is 2. The molecule has 0 aromatic heterocycles. The van der Waals surface area contributed by atoms with Gasteiger partial charge in [0, 0.05) is 10.0 Å². The summed E-state index contributed by atoms with van der Waals surface area (Å²) in [5.41, 5.74) is 2.21. The Labute approximate surface area is 142 Å². The highest BCUT2D eigenvalue weighted by molar-refractivity contribution is 9.10. The smallest absolute Gasteiger partial charge is 0.123 e. The van der Waals surface area contributed by atoms with Crippen LogP contribution in [0.15, 0.2) is 46.9 Å². The summed E-state index contributed by atoms with van der Waals surface area (Å²) in [4.78, 5) is 0.0423. The molecule has 0 aliphatic rings. The Hall–Kier alpha value is -1.00. The molecule has 21 heavy (non-hydrogen) atoms. The van der Waals surface area contributed by atoms with Gasteiger partial charge in [-0.1, -0.05) is 44.0 Å². The van der Waals surface area contributed by atoms with Crippen molar-refractivity contribution in [3.63, 3.8) is 0 Å². The predicted octanol–water partition coefficient (Wildman–Crippen LogP) is 5.73. The zero-order valence-corrected chi connectivity index (χ0v) is 15.4. The second-order valence-electron chi connectivity index (χ2n) is 4.99. The third kappa shape index (κ3) is 4.24. The van der Waals surface area contributed by atoms with Crippen LogP contribution in [0.2, 0.25) is 0 Å². The van der Waals surface area contributed by atoms with E-state index in [0.29, 0.717) is 0 Å². The fraction of sp³-hybridized carbons (Fsp3) is 0.294. The Bertz CT molecular complexity index is 611. The first-order chi connectivity index (χ1) is 10.0. The van der Waals surface area contributed by atoms with E-state index in [2.05, 4.69) is 50.1 Å². The Balaban J connectivity index is 2.35. The quantitative estimate of drug-likeness (QED) is 0.582. The Morgan fingerprint density at radius 1 is 1.05 bits per heavy atom. The molecule has 1 atom stereocenters. The molecule has 0 bridgehead atoms. The van der Waals surface area contributed by atoms with Gasteiger partial charge in [0.2, 0.25) is 0 Å². The number of alkyl halides is 1. The lowest BCUT2D eigenvalue weighted by Crippen LogP contribution is -2.06. The van der Waals surface area contributed by atoms with Gasteiger partial charge in [-0.15, -0.1) is 0 Å². The van der Waals surface area contributed by atoms with E-state index in [1.165, 1.54) is 0 Å². The summed E-state index contributed by atoms with van der Waals surface area (Å²) in [6.45, 7) is 4.05. The van der Waals surface area contributed by atoms with E-state index < -0.39 is 0 Å². The molecule has 0 aliphatic heterocycles. The fourth-order valence-electron chi connectivity index (χ4n) is 2.10. The molecule has 1 unspecified atom stereocenters. The van der Waals surface area contributed by atoms with Crippen LogP contribution in [0.3, 0.4) is 0 Å². The molecule has 2 aromatic rings. The van der Waals surface area contributed by atoms with E-state index in [1.54, 1.807) is 7.11 Å². The van der Waals surface area contributed by atoms with E-state index in [1.807, 2.05) is 38.1 Å². The average Bonchev–Trinajstić information content (AvgIpc) is 2.46. The lowest BCUT2D eigenvalue weighted by molar-refractivity contribution is 0.242. The summed E-state index contributed by atoms with van der Waals surface area (Å²) in [5, 5.41) is 0. The first-order valence-electron chi connectivity index (χ1n) is 6.75. The fourth-order valence-corrected chi connectivity index (χ4v) is 3.12. The summed E-state index contributed by atoms with van der Waals surface area (Å²) in [7, 11) is 1.69. The molecule has 2 aromatic carbocycles. The van der Waals surface area contributed by atoms with Crippen LogP contribution in [0.1, 0.15) is 29.8 Å². The highest BCUT2D eigenvalue weighted by atomic mass is 79.9. The maximum atomic E-state index is 5.76. The molecule has 4 heteroatoms. The first-order valence-corrected chi connectivity index (χ1v) is 8.46. The highest BCUT2D eigenvalue weighted by Crippen LogP contribution is 2.39. The second-order valence-corrected chi connectivity index (χ2v) is 6.82. The molecular formula is C17H18Br2O2. The molecule has 0 fully saturated rings. The molecule has 0 amide bonds. The van der Waals surface area contributed by atoms with Gasteiger partial charge in [0.05, 0.1) is 18.0 Å². The van der Waals surface area contributed by atoms with Crippen LogP contribution in [0.5, 0.6) is 11.5 Å². The Morgan fingerprint density at radius 2 is 1.81 bits per heavy atom. The lowest BCUT2D eigenvalue weighted by atomic mass is 10.0. The zero-order valence-electron chi connectivity index (χ0n) is 12.3. The van der Waals surface area contributed by atoms with Crippen molar-refractivity contribution in [2.24, 2.45) is 0 Å². The summed E-state index contributed by atoms with van der Waals surface area (Å²) in [6.07, 6.45) is 0.162. The summed E-state index contributed by atoms with van der Waals surface area (Å²) in [5.74, 6) is 1.73. The monoisotopic (exact) mass is 412 g/mol. The van der Waals surface area contributed by atoms with Crippen molar-refractivity contribution >= 4 is 31.9 Å². The highest BCUT2D eigenvalue weighted by Gasteiger charge is 2.16. The van der Waals surface area contributed by atoms with E-state index in [4.69, 9.17) is 9.47 Å². The van der Waals surface area contributed by atoms with Crippen molar-refractivity contribution in [1.29, 1.82) is 0 Å². The average molecular weight is 414 g/mol. The lowest BCUT2D eigenvalue weighted by Gasteiger charge is -2.17. The number of halogens is 2. The Morgan fingerprint density at radius 3 is 2.48 bits per heavy atom. The number of rotatable bonds is 5. The van der Waals surface area contributed by atoms with Crippen molar-refractivity contribution in [2.45, 2.75) is 24.8 Å². The maximum Gasteiger partial charge on any atom is 0.123 e. The van der Waals surface area contributed by atoms with Crippen molar-refractivity contribution in [2.75, 3.05) is 7.11 Å². The van der Waals surface area contributed by atoms with Gasteiger partial charge in [0.15, 0.2) is 0 Å². The van der Waals surface area contributed by atoms with Gasteiger partial charge in [-0.25, -0.2) is 0 Å². The van der Waals surface area contributed by atoms with Crippen LogP contribution < -0.4 is 9.47 Å². The van der Waals surface area contributed by atoms with E-state index >= 15 is 0 Å². The zero-order chi connectivity index (χ0) is 15.4. The predicted molar refractivity (Wildman–Crippen MR) is 93.7 cm³/mol. The van der Waals surface area contributed by atoms with Crippen molar-refractivity contribution in [3.05, 3.63) is 58.1 Å². The van der Waals surface area contributed by atoms with Gasteiger partial charge < -0.3 is 9.47 Å². The van der Waals surface area contributed by atoms with Gasteiger partial charge in [0.25, 0.3) is 0 Å². The maximum absolute atomic E-state index is 5.76. The van der Waals surface area contributed by atoms with E-state index in [9.17, 15) is 0 Å². The molecule has 2 rings (SSSR count). The van der Waals surface area contributed by atoms with Gasteiger partial charge in [0.1, 0.15) is 11.5 Å². The van der Waals surface area contributed by atoms with Gasteiger partial charge in [-0.3, -0.25) is 0 Å². The molecule has 0 spiro atoms. The molecule has 0 N–H and O–H groups in total. The molecular weight excluding hydrogens is 396 g/mol. The molecule has 0 saturated heterocycles. The van der Waals surface area contributed by atoms with Gasteiger partial charge in [-0.2, -0.15) is 0 Å². The normalized spacial score (nSPS) is 12.3. The molecule has 0 radical (unpaired) electrons. The molecule has 2 nitrogen and oxygen atoms in total. The minimum atomic E-state index is 0.0423. The van der Waals surface area contributed by atoms with Gasteiger partial charge in [-0.05, 0) is 49.7 Å². The van der Waals surface area contributed by atoms with E-state index in [-0.39, 0.29) is 10.9 Å². The number of methoxy groups -OCH3 is 1. The summed E-state index contributed by atoms with van der Waals surface area (Å²) in [6, 6.07) is 14.1. The number of hydrogen-bond donors (Lipinski definition) is 0. The van der Waals surface area contributed by atoms with Crippen molar-refractivity contribution in [1.82, 2.24) is 0 Å². The minimum Gasteiger partial charge on any atom is -0.496 e. The van der Waals surface area contributed by atoms with Crippen LogP contribution in [-0.4, -0.2) is 13.2 Å². The largest absolute Gasteiger partial charge is 0.496 e. The standard InChI is InChI=1S/C17H18Br2O2/c1-11(2)21-14-6-4-5-12(9-14)17(19)15-10-13(18)7-8-16(15)20-3/h4-11,17H,1-3H3. The van der Waals surface area contributed by atoms with E-state index in [0.717, 1.165) is 27.1 Å². The Kier molecular flexibility index (Phi) is 5.71. The summed E-state index contributed by atoms with van der Waals surface area (Å²) >= 11 is 7.28. The van der Waals surface area contributed by atoms with Crippen LogP contribution >= 0.6 is 31.9 Å². The number of benzene rings is 2. The molecule has 0 heterocycles. The van der Waals surface area contributed by atoms with Crippen molar-refractivity contribution < 1.29 is 9.47 Å². The summed E-state index contributed by atoms with van der Waals surface area (Å²) < 4.78 is 12.2. The van der Waals surface area contributed by atoms with Crippen LogP contribution in [0.4, 0.5) is 0 Å². The van der Waals surface area contributed by atoms with Crippen LogP contribution in [0.25, 0.3) is 0 Å². The molecule has 0 saturated carbocycles. The van der Waals surface area contributed by atoms with Crippen LogP contribution in [0, 0.1) is 0 Å². The molecule has 112 valence electrons. The molecule has 0 aliphatic carbocycles. The third-order valence-corrected chi connectivity index (χ3v) is 4.50.